The van der Waals surface area contributed by atoms with Gasteiger partial charge in [0.15, 0.2) is 5.75 Å². The Morgan fingerprint density at radius 2 is 1.79 bits per heavy atom. The third-order valence-corrected chi connectivity index (χ3v) is 3.91. The average molecular weight is 362 g/mol. The summed E-state index contributed by atoms with van der Waals surface area (Å²) < 4.78 is 11.8. The lowest BCUT2D eigenvalue weighted by Crippen LogP contribution is -1.98. The predicted octanol–water partition coefficient (Wildman–Crippen LogP) is 5.34. The first-order valence-corrected chi connectivity index (χ1v) is 7.06. The topological polar surface area (TPSA) is 18.5 Å². The van der Waals surface area contributed by atoms with Crippen LogP contribution in [-0.2, 0) is 6.61 Å². The number of ether oxygens (including phenoxy) is 2. The van der Waals surface area contributed by atoms with Gasteiger partial charge in [-0.25, -0.2) is 0 Å². The normalized spacial score (nSPS) is 10.3. The van der Waals surface area contributed by atoms with Crippen molar-refractivity contribution in [3.8, 4) is 11.5 Å². The van der Waals surface area contributed by atoms with Crippen molar-refractivity contribution in [3.63, 3.8) is 0 Å². The predicted molar refractivity (Wildman–Crippen MR) is 81.5 cm³/mol. The van der Waals surface area contributed by atoms with Crippen LogP contribution in [0.4, 0.5) is 0 Å². The third-order valence-electron chi connectivity index (χ3n) is 2.54. The molecule has 0 unspecified atom stereocenters. The standard InChI is InChI=1S/C14H11BrCl2O2/c1-18-10-5-6-11(15)9(7-10)8-19-14-12(16)3-2-4-13(14)17/h2-7H,8H2,1H3. The fourth-order valence-corrected chi connectivity index (χ4v) is 2.43. The molecule has 0 amide bonds. The number of para-hydroxylation sites is 1. The maximum absolute atomic E-state index is 6.05. The zero-order valence-corrected chi connectivity index (χ0v) is 13.2. The highest BCUT2D eigenvalue weighted by atomic mass is 79.9. The second-order valence-corrected chi connectivity index (χ2v) is 5.47. The van der Waals surface area contributed by atoms with E-state index in [2.05, 4.69) is 15.9 Å². The highest BCUT2D eigenvalue weighted by molar-refractivity contribution is 9.10. The van der Waals surface area contributed by atoms with Crippen LogP contribution < -0.4 is 9.47 Å². The number of methoxy groups -OCH3 is 1. The summed E-state index contributed by atoms with van der Waals surface area (Å²) in [4.78, 5) is 0. The Bertz CT molecular complexity index is 567. The Morgan fingerprint density at radius 1 is 1.11 bits per heavy atom. The van der Waals surface area contributed by atoms with Gasteiger partial charge < -0.3 is 9.47 Å². The molecule has 5 heteroatoms. The summed E-state index contributed by atoms with van der Waals surface area (Å²) in [5.74, 6) is 1.26. The van der Waals surface area contributed by atoms with Crippen LogP contribution in [0.15, 0.2) is 40.9 Å². The fraction of sp³-hybridized carbons (Fsp3) is 0.143. The molecular weight excluding hydrogens is 351 g/mol. The molecule has 100 valence electrons. The van der Waals surface area contributed by atoms with Gasteiger partial charge in [-0.1, -0.05) is 45.2 Å². The van der Waals surface area contributed by atoms with Gasteiger partial charge in [-0.05, 0) is 30.3 Å². The van der Waals surface area contributed by atoms with Gasteiger partial charge >= 0.3 is 0 Å². The van der Waals surface area contributed by atoms with Gasteiger partial charge in [-0.2, -0.15) is 0 Å². The lowest BCUT2D eigenvalue weighted by Gasteiger charge is -2.11. The average Bonchev–Trinajstić information content (AvgIpc) is 2.40. The molecule has 0 aliphatic heterocycles. The van der Waals surface area contributed by atoms with Gasteiger partial charge in [-0.3, -0.25) is 0 Å². The van der Waals surface area contributed by atoms with E-state index in [1.54, 1.807) is 25.3 Å². The van der Waals surface area contributed by atoms with Crippen LogP contribution in [0, 0.1) is 0 Å². The first-order valence-electron chi connectivity index (χ1n) is 5.51. The number of rotatable bonds is 4. The monoisotopic (exact) mass is 360 g/mol. The maximum Gasteiger partial charge on any atom is 0.156 e. The minimum atomic E-state index is 0.348. The molecule has 0 aromatic heterocycles. The van der Waals surface area contributed by atoms with Crippen LogP contribution in [0.2, 0.25) is 10.0 Å². The molecule has 0 atom stereocenters. The molecule has 2 rings (SSSR count). The molecule has 0 aliphatic rings. The van der Waals surface area contributed by atoms with Crippen LogP contribution in [0.1, 0.15) is 5.56 Å². The second kappa shape index (κ2) is 6.51. The molecule has 2 nitrogen and oxygen atoms in total. The van der Waals surface area contributed by atoms with E-state index in [-0.39, 0.29) is 0 Å². The molecular formula is C14H11BrCl2O2. The van der Waals surface area contributed by atoms with Crippen LogP contribution in [0.25, 0.3) is 0 Å². The van der Waals surface area contributed by atoms with E-state index in [1.165, 1.54) is 0 Å². The second-order valence-electron chi connectivity index (χ2n) is 3.80. The first kappa shape index (κ1) is 14.5. The van der Waals surface area contributed by atoms with Crippen molar-refractivity contribution in [2.75, 3.05) is 7.11 Å². The highest BCUT2D eigenvalue weighted by Crippen LogP contribution is 2.33. The van der Waals surface area contributed by atoms with Crippen LogP contribution in [0.3, 0.4) is 0 Å². The van der Waals surface area contributed by atoms with E-state index < -0.39 is 0 Å². The molecule has 0 heterocycles. The lowest BCUT2D eigenvalue weighted by atomic mass is 10.2. The van der Waals surface area contributed by atoms with E-state index in [0.717, 1.165) is 15.8 Å². The summed E-state index contributed by atoms with van der Waals surface area (Å²) in [6.07, 6.45) is 0. The van der Waals surface area contributed by atoms with Crippen molar-refractivity contribution >= 4 is 39.1 Å². The van der Waals surface area contributed by atoms with Gasteiger partial charge in [-0.15, -0.1) is 0 Å². The minimum Gasteiger partial charge on any atom is -0.497 e. The van der Waals surface area contributed by atoms with E-state index in [1.807, 2.05) is 18.2 Å². The summed E-state index contributed by atoms with van der Waals surface area (Å²) in [6, 6.07) is 10.9. The van der Waals surface area contributed by atoms with Crippen LogP contribution in [0.5, 0.6) is 11.5 Å². The summed E-state index contributed by atoms with van der Waals surface area (Å²) in [7, 11) is 1.62. The molecule has 0 bridgehead atoms. The van der Waals surface area contributed by atoms with Gasteiger partial charge in [0.1, 0.15) is 12.4 Å². The third kappa shape index (κ3) is 3.56. The smallest absolute Gasteiger partial charge is 0.156 e. The highest BCUT2D eigenvalue weighted by Gasteiger charge is 2.09. The molecule has 0 spiro atoms. The molecule has 2 aromatic rings. The quantitative estimate of drug-likeness (QED) is 0.731. The van der Waals surface area contributed by atoms with Crippen molar-refractivity contribution in [2.24, 2.45) is 0 Å². The Kier molecular flexibility index (Phi) is 4.97. The van der Waals surface area contributed by atoms with E-state index in [4.69, 9.17) is 32.7 Å². The molecule has 2 aromatic carbocycles. The maximum atomic E-state index is 6.05. The molecule has 0 N–H and O–H groups in total. The largest absolute Gasteiger partial charge is 0.497 e. The van der Waals surface area contributed by atoms with E-state index in [0.29, 0.717) is 22.4 Å². The van der Waals surface area contributed by atoms with Crippen molar-refractivity contribution in [1.29, 1.82) is 0 Å². The zero-order valence-electron chi connectivity index (χ0n) is 10.1. The van der Waals surface area contributed by atoms with Gasteiger partial charge in [0.05, 0.1) is 17.2 Å². The fourth-order valence-electron chi connectivity index (χ4n) is 1.56. The summed E-state index contributed by atoms with van der Waals surface area (Å²) in [6.45, 7) is 0.348. The van der Waals surface area contributed by atoms with Crippen LogP contribution in [-0.4, -0.2) is 7.11 Å². The Morgan fingerprint density at radius 3 is 2.42 bits per heavy atom. The molecule has 0 saturated carbocycles. The van der Waals surface area contributed by atoms with Gasteiger partial charge in [0, 0.05) is 10.0 Å². The van der Waals surface area contributed by atoms with Crippen molar-refractivity contribution in [1.82, 2.24) is 0 Å². The Hall–Kier alpha value is -0.900. The summed E-state index contributed by atoms with van der Waals surface area (Å²) in [5, 5.41) is 0.984. The van der Waals surface area contributed by atoms with E-state index in [9.17, 15) is 0 Å². The van der Waals surface area contributed by atoms with Crippen molar-refractivity contribution < 1.29 is 9.47 Å². The summed E-state index contributed by atoms with van der Waals surface area (Å²) >= 11 is 15.6. The molecule has 0 saturated heterocycles. The lowest BCUT2D eigenvalue weighted by molar-refractivity contribution is 0.305. The zero-order chi connectivity index (χ0) is 13.8. The minimum absolute atomic E-state index is 0.348. The van der Waals surface area contributed by atoms with E-state index >= 15 is 0 Å². The van der Waals surface area contributed by atoms with Gasteiger partial charge in [0.2, 0.25) is 0 Å². The Labute approximate surface area is 130 Å². The SMILES string of the molecule is COc1ccc(Br)c(COc2c(Cl)cccc2Cl)c1. The molecule has 0 fully saturated rings. The van der Waals surface area contributed by atoms with Crippen LogP contribution >= 0.6 is 39.1 Å². The number of halogens is 3. The molecule has 0 radical (unpaired) electrons. The number of benzene rings is 2. The first-order chi connectivity index (χ1) is 9.11. The summed E-state index contributed by atoms with van der Waals surface area (Å²) in [5.41, 5.74) is 0.954. The number of hydrogen-bond acceptors (Lipinski definition) is 2. The molecule has 19 heavy (non-hydrogen) atoms. The Balaban J connectivity index is 2.19. The van der Waals surface area contributed by atoms with Crippen molar-refractivity contribution in [3.05, 3.63) is 56.5 Å². The number of hydrogen-bond donors (Lipinski definition) is 0. The van der Waals surface area contributed by atoms with Gasteiger partial charge in [0.25, 0.3) is 0 Å². The molecule has 0 aliphatic carbocycles. The van der Waals surface area contributed by atoms with Crippen molar-refractivity contribution in [2.45, 2.75) is 6.61 Å².